The maximum absolute atomic E-state index is 12.0. The van der Waals surface area contributed by atoms with Gasteiger partial charge in [0.2, 0.25) is 6.43 Å². The molecule has 0 saturated heterocycles. The van der Waals surface area contributed by atoms with Crippen LogP contribution >= 0.6 is 0 Å². The minimum atomic E-state index is -2.14. The molecule has 0 saturated carbocycles. The lowest BCUT2D eigenvalue weighted by Gasteiger charge is -2.11. The lowest BCUT2D eigenvalue weighted by Crippen LogP contribution is -2.06. The first kappa shape index (κ1) is 16.1. The molecule has 0 bridgehead atoms. The van der Waals surface area contributed by atoms with E-state index in [1.54, 1.807) is 5.20 Å². The van der Waals surface area contributed by atoms with Gasteiger partial charge in [-0.05, 0) is 24.8 Å². The number of halogens is 2. The highest BCUT2D eigenvalue weighted by Crippen LogP contribution is 2.17. The zero-order chi connectivity index (χ0) is 14.1. The maximum Gasteiger partial charge on any atom is 0.238 e. The van der Waals surface area contributed by atoms with E-state index < -0.39 is 15.2 Å². The van der Waals surface area contributed by atoms with E-state index in [2.05, 4.69) is 31.3 Å². The predicted molar refractivity (Wildman–Crippen MR) is 82.4 cm³/mol. The van der Waals surface area contributed by atoms with Crippen molar-refractivity contribution in [3.05, 3.63) is 41.1 Å². The average molecular weight is 282 g/mol. The minimum absolute atomic E-state index is 0.0524. The Kier molecular flexibility index (Phi) is 7.64. The third-order valence-corrected chi connectivity index (χ3v) is 5.22. The summed E-state index contributed by atoms with van der Waals surface area (Å²) in [6, 6.07) is 10.4. The predicted octanol–water partition coefficient (Wildman–Crippen LogP) is 5.31. The summed E-state index contributed by atoms with van der Waals surface area (Å²) in [6.45, 7) is 4.65. The Morgan fingerprint density at radius 1 is 1.11 bits per heavy atom. The lowest BCUT2D eigenvalue weighted by atomic mass is 10.1. The smallest absolute Gasteiger partial charge is 0.211 e. The molecule has 0 nitrogen and oxygen atoms in total. The Bertz CT molecular complexity index is 372. The number of rotatable bonds is 8. The molecule has 0 spiro atoms. The lowest BCUT2D eigenvalue weighted by molar-refractivity contribution is 0.134. The Hall–Kier alpha value is -0.963. The SMILES string of the molecule is C[SiH](C)C(=Cc1ccccc1)CCCCCC(F)F. The molecular weight excluding hydrogens is 258 g/mol. The summed E-state index contributed by atoms with van der Waals surface area (Å²) in [5.41, 5.74) is 1.26. The second kappa shape index (κ2) is 9.02. The van der Waals surface area contributed by atoms with Crippen LogP contribution < -0.4 is 0 Å². The van der Waals surface area contributed by atoms with E-state index in [1.807, 2.05) is 18.2 Å². The molecule has 0 aliphatic carbocycles. The van der Waals surface area contributed by atoms with E-state index in [9.17, 15) is 8.78 Å². The molecule has 3 heteroatoms. The Morgan fingerprint density at radius 2 is 1.79 bits per heavy atom. The molecular formula is C16H24F2Si. The van der Waals surface area contributed by atoms with Crippen LogP contribution in [0.2, 0.25) is 13.1 Å². The van der Waals surface area contributed by atoms with Crippen LogP contribution in [0.1, 0.15) is 37.7 Å². The van der Waals surface area contributed by atoms with Crippen LogP contribution in [0.15, 0.2) is 35.5 Å². The van der Waals surface area contributed by atoms with Crippen LogP contribution in [0.3, 0.4) is 0 Å². The number of unbranched alkanes of at least 4 members (excludes halogenated alkanes) is 2. The largest absolute Gasteiger partial charge is 0.238 e. The fraction of sp³-hybridized carbons (Fsp3) is 0.500. The van der Waals surface area contributed by atoms with Gasteiger partial charge in [0.15, 0.2) is 0 Å². The molecule has 0 N–H and O–H groups in total. The molecule has 1 rings (SSSR count). The monoisotopic (exact) mass is 282 g/mol. The van der Waals surface area contributed by atoms with E-state index in [0.29, 0.717) is 6.42 Å². The normalized spacial score (nSPS) is 12.4. The van der Waals surface area contributed by atoms with E-state index in [0.717, 1.165) is 19.3 Å². The maximum atomic E-state index is 12.0. The van der Waals surface area contributed by atoms with Gasteiger partial charge in [0.05, 0.1) is 8.80 Å². The standard InChI is InChI=1S/C16H24F2Si/c1-19(2)15(11-7-4-8-12-16(17)18)13-14-9-5-3-6-10-14/h3,5-6,9-10,13,16,19H,4,7-8,11-12H2,1-2H3. The molecule has 0 radical (unpaired) electrons. The van der Waals surface area contributed by atoms with Crippen molar-refractivity contribution in [2.75, 3.05) is 0 Å². The first-order valence-electron chi connectivity index (χ1n) is 7.13. The molecule has 0 atom stereocenters. The zero-order valence-electron chi connectivity index (χ0n) is 11.9. The zero-order valence-corrected chi connectivity index (χ0v) is 13.1. The highest BCUT2D eigenvalue weighted by atomic mass is 28.3. The minimum Gasteiger partial charge on any atom is -0.211 e. The highest BCUT2D eigenvalue weighted by Gasteiger charge is 2.06. The van der Waals surface area contributed by atoms with Crippen molar-refractivity contribution in [3.8, 4) is 0 Å². The van der Waals surface area contributed by atoms with Crippen molar-refractivity contribution < 1.29 is 8.78 Å². The summed E-state index contributed by atoms with van der Waals surface area (Å²) in [7, 11) is -0.814. The van der Waals surface area contributed by atoms with Crippen LogP contribution in [0.4, 0.5) is 8.78 Å². The Morgan fingerprint density at radius 3 is 2.37 bits per heavy atom. The van der Waals surface area contributed by atoms with Crippen molar-refractivity contribution in [1.82, 2.24) is 0 Å². The summed E-state index contributed by atoms with van der Waals surface area (Å²) in [5.74, 6) is 0. The van der Waals surface area contributed by atoms with E-state index >= 15 is 0 Å². The van der Waals surface area contributed by atoms with Gasteiger partial charge in [-0.2, -0.15) is 0 Å². The van der Waals surface area contributed by atoms with E-state index in [-0.39, 0.29) is 6.42 Å². The fourth-order valence-corrected chi connectivity index (χ4v) is 3.40. The van der Waals surface area contributed by atoms with Crippen molar-refractivity contribution in [1.29, 1.82) is 0 Å². The number of benzene rings is 1. The molecule has 19 heavy (non-hydrogen) atoms. The third kappa shape index (κ3) is 7.26. The van der Waals surface area contributed by atoms with Gasteiger partial charge in [0.25, 0.3) is 0 Å². The quantitative estimate of drug-likeness (QED) is 0.447. The van der Waals surface area contributed by atoms with Crippen LogP contribution in [-0.4, -0.2) is 15.2 Å². The first-order valence-corrected chi connectivity index (χ1v) is 10.0. The second-order valence-corrected chi connectivity index (χ2v) is 8.33. The van der Waals surface area contributed by atoms with Crippen LogP contribution in [0, 0.1) is 0 Å². The third-order valence-electron chi connectivity index (χ3n) is 3.28. The highest BCUT2D eigenvalue weighted by molar-refractivity contribution is 6.64. The van der Waals surface area contributed by atoms with Gasteiger partial charge in [0, 0.05) is 6.42 Å². The fourth-order valence-electron chi connectivity index (χ4n) is 2.10. The van der Waals surface area contributed by atoms with Crippen molar-refractivity contribution in [2.45, 2.75) is 51.6 Å². The van der Waals surface area contributed by atoms with Crippen molar-refractivity contribution in [3.63, 3.8) is 0 Å². The Labute approximate surface area is 117 Å². The average Bonchev–Trinajstić information content (AvgIpc) is 2.37. The summed E-state index contributed by atoms with van der Waals surface area (Å²) in [4.78, 5) is 0. The van der Waals surface area contributed by atoms with Crippen LogP contribution in [0.5, 0.6) is 0 Å². The van der Waals surface area contributed by atoms with Gasteiger partial charge in [-0.1, -0.05) is 61.1 Å². The van der Waals surface area contributed by atoms with Gasteiger partial charge in [0.1, 0.15) is 0 Å². The summed E-state index contributed by atoms with van der Waals surface area (Å²) >= 11 is 0. The number of alkyl halides is 2. The topological polar surface area (TPSA) is 0 Å². The summed E-state index contributed by atoms with van der Waals surface area (Å²) in [6.07, 6.45) is 3.88. The van der Waals surface area contributed by atoms with Gasteiger partial charge >= 0.3 is 0 Å². The number of allylic oxidation sites excluding steroid dienone is 1. The summed E-state index contributed by atoms with van der Waals surface area (Å²) < 4.78 is 24.1. The molecule has 0 fully saturated rings. The molecule has 0 aromatic heterocycles. The molecule has 106 valence electrons. The Balaban J connectivity index is 2.43. The molecule has 0 aliphatic rings. The van der Waals surface area contributed by atoms with Crippen LogP contribution in [0.25, 0.3) is 6.08 Å². The first-order chi connectivity index (χ1) is 9.09. The van der Waals surface area contributed by atoms with Gasteiger partial charge in [-0.25, -0.2) is 8.78 Å². The van der Waals surface area contributed by atoms with Crippen molar-refractivity contribution in [2.24, 2.45) is 0 Å². The summed E-state index contributed by atoms with van der Waals surface area (Å²) in [5, 5.41) is 1.54. The van der Waals surface area contributed by atoms with Crippen molar-refractivity contribution >= 4 is 14.9 Å². The molecule has 0 unspecified atom stereocenters. The molecule has 0 aliphatic heterocycles. The van der Waals surface area contributed by atoms with Crippen LogP contribution in [-0.2, 0) is 0 Å². The molecule has 0 amide bonds. The molecule has 1 aromatic rings. The van der Waals surface area contributed by atoms with E-state index in [4.69, 9.17) is 0 Å². The van der Waals surface area contributed by atoms with Gasteiger partial charge in [-0.3, -0.25) is 0 Å². The number of hydrogen-bond donors (Lipinski definition) is 0. The molecule has 0 heterocycles. The van der Waals surface area contributed by atoms with Gasteiger partial charge in [-0.15, -0.1) is 0 Å². The van der Waals surface area contributed by atoms with E-state index in [1.165, 1.54) is 5.56 Å². The number of hydrogen-bond acceptors (Lipinski definition) is 0. The second-order valence-electron chi connectivity index (χ2n) is 5.28. The van der Waals surface area contributed by atoms with Gasteiger partial charge < -0.3 is 0 Å². The molecule has 1 aromatic carbocycles.